The number of carbonyl (C=O) groups excluding carboxylic acids is 1. The molecule has 0 atom stereocenters. The predicted molar refractivity (Wildman–Crippen MR) is 110 cm³/mol. The second kappa shape index (κ2) is 9.02. The van der Waals surface area contributed by atoms with Crippen molar-refractivity contribution in [2.75, 3.05) is 13.1 Å². The molecule has 0 aliphatic carbocycles. The highest BCUT2D eigenvalue weighted by Crippen LogP contribution is 2.26. The number of rotatable bonds is 6. The maximum atomic E-state index is 12.4. The Morgan fingerprint density at radius 1 is 1.21 bits per heavy atom. The Balaban J connectivity index is 1.49. The Morgan fingerprint density at radius 3 is 2.54 bits per heavy atom. The molecule has 5 heteroatoms. The van der Waals surface area contributed by atoms with Gasteiger partial charge in [0.15, 0.2) is 0 Å². The van der Waals surface area contributed by atoms with Crippen LogP contribution in [0.5, 0.6) is 11.6 Å². The maximum Gasteiger partial charge on any atom is 0.246 e. The van der Waals surface area contributed by atoms with Gasteiger partial charge in [-0.15, -0.1) is 0 Å². The summed E-state index contributed by atoms with van der Waals surface area (Å²) in [6, 6.07) is 13.2. The lowest BCUT2D eigenvalue weighted by Gasteiger charge is -2.34. The summed E-state index contributed by atoms with van der Waals surface area (Å²) >= 11 is 0. The summed E-state index contributed by atoms with van der Waals surface area (Å²) in [5.74, 6) is 1.76. The number of piperidine rings is 1. The van der Waals surface area contributed by atoms with E-state index in [1.54, 1.807) is 24.4 Å². The van der Waals surface area contributed by atoms with Crippen molar-refractivity contribution in [2.24, 2.45) is 5.92 Å². The summed E-state index contributed by atoms with van der Waals surface area (Å²) in [5, 5.41) is 9.95. The number of ether oxygens (including phenoxy) is 1. The van der Waals surface area contributed by atoms with E-state index < -0.39 is 5.60 Å². The van der Waals surface area contributed by atoms with Gasteiger partial charge >= 0.3 is 0 Å². The van der Waals surface area contributed by atoms with Crippen LogP contribution in [0.15, 0.2) is 54.7 Å². The summed E-state index contributed by atoms with van der Waals surface area (Å²) in [7, 11) is 0. The van der Waals surface area contributed by atoms with Crippen molar-refractivity contribution in [3.8, 4) is 11.6 Å². The highest BCUT2D eigenvalue weighted by atomic mass is 16.5. The minimum atomic E-state index is -0.639. The summed E-state index contributed by atoms with van der Waals surface area (Å²) < 4.78 is 5.67. The quantitative estimate of drug-likeness (QED) is 0.760. The Hall–Kier alpha value is -2.66. The molecule has 1 aromatic heterocycles. The van der Waals surface area contributed by atoms with Gasteiger partial charge < -0.3 is 14.7 Å². The molecule has 0 bridgehead atoms. The van der Waals surface area contributed by atoms with Gasteiger partial charge in [0.25, 0.3) is 0 Å². The molecule has 1 saturated heterocycles. The van der Waals surface area contributed by atoms with Crippen LogP contribution in [0, 0.1) is 5.92 Å². The van der Waals surface area contributed by atoms with Crippen molar-refractivity contribution in [1.29, 1.82) is 0 Å². The third-order valence-corrected chi connectivity index (χ3v) is 4.86. The van der Waals surface area contributed by atoms with Crippen LogP contribution in [-0.2, 0) is 4.79 Å². The number of aliphatic hydroxyl groups is 1. The monoisotopic (exact) mass is 380 g/mol. The molecule has 0 saturated carbocycles. The lowest BCUT2D eigenvalue weighted by atomic mass is 9.86. The number of nitrogens with zero attached hydrogens (tertiary/aromatic N) is 2. The highest BCUT2D eigenvalue weighted by Gasteiger charge is 2.26. The first-order valence-electron chi connectivity index (χ1n) is 9.77. The van der Waals surface area contributed by atoms with Crippen molar-refractivity contribution < 1.29 is 14.6 Å². The van der Waals surface area contributed by atoms with E-state index in [9.17, 15) is 9.90 Å². The molecule has 28 heavy (non-hydrogen) atoms. The number of likely N-dealkylation sites (tertiary alicyclic amines) is 1. The van der Waals surface area contributed by atoms with Crippen LogP contribution in [-0.4, -0.2) is 39.6 Å². The van der Waals surface area contributed by atoms with E-state index in [-0.39, 0.29) is 5.91 Å². The van der Waals surface area contributed by atoms with E-state index in [0.717, 1.165) is 43.7 Å². The van der Waals surface area contributed by atoms with Gasteiger partial charge in [-0.25, -0.2) is 4.98 Å². The molecular weight excluding hydrogens is 352 g/mol. The molecule has 2 aromatic rings. The van der Waals surface area contributed by atoms with Crippen LogP contribution in [0.25, 0.3) is 6.08 Å². The van der Waals surface area contributed by atoms with Crippen LogP contribution in [0.1, 0.15) is 38.7 Å². The second-order valence-corrected chi connectivity index (χ2v) is 7.96. The molecule has 0 unspecified atom stereocenters. The smallest absolute Gasteiger partial charge is 0.246 e. The fraction of sp³-hybridized carbons (Fsp3) is 0.391. The molecule has 0 spiro atoms. The molecule has 1 amide bonds. The van der Waals surface area contributed by atoms with Gasteiger partial charge in [0.1, 0.15) is 5.75 Å². The van der Waals surface area contributed by atoms with Crippen molar-refractivity contribution >= 4 is 12.0 Å². The number of para-hydroxylation sites is 1. The number of hydrogen-bond acceptors (Lipinski definition) is 4. The number of carbonyl (C=O) groups is 1. The van der Waals surface area contributed by atoms with Gasteiger partial charge in [-0.05, 0) is 68.9 Å². The first-order valence-corrected chi connectivity index (χ1v) is 9.77. The molecule has 1 aliphatic heterocycles. The molecule has 1 fully saturated rings. The molecule has 2 heterocycles. The van der Waals surface area contributed by atoms with E-state index in [1.165, 1.54) is 0 Å². The van der Waals surface area contributed by atoms with E-state index >= 15 is 0 Å². The zero-order chi connectivity index (χ0) is 20.0. The van der Waals surface area contributed by atoms with Crippen LogP contribution < -0.4 is 4.74 Å². The van der Waals surface area contributed by atoms with Gasteiger partial charge in [0.05, 0.1) is 5.60 Å². The molecular formula is C23H28N2O3. The van der Waals surface area contributed by atoms with Gasteiger partial charge in [-0.2, -0.15) is 0 Å². The molecule has 5 nitrogen and oxygen atoms in total. The van der Waals surface area contributed by atoms with Gasteiger partial charge in [0.2, 0.25) is 11.8 Å². The van der Waals surface area contributed by atoms with Crippen LogP contribution in [0.2, 0.25) is 0 Å². The fourth-order valence-corrected chi connectivity index (χ4v) is 3.50. The molecule has 1 aliphatic rings. The van der Waals surface area contributed by atoms with Crippen LogP contribution in [0.4, 0.5) is 0 Å². The highest BCUT2D eigenvalue weighted by molar-refractivity contribution is 5.91. The van der Waals surface area contributed by atoms with E-state index in [0.29, 0.717) is 11.8 Å². The largest absolute Gasteiger partial charge is 0.439 e. The zero-order valence-corrected chi connectivity index (χ0v) is 16.5. The Bertz CT molecular complexity index is 787. The lowest BCUT2D eigenvalue weighted by molar-refractivity contribution is -0.127. The van der Waals surface area contributed by atoms with Crippen LogP contribution in [0.3, 0.4) is 0 Å². The molecule has 1 N–H and O–H groups in total. The van der Waals surface area contributed by atoms with Gasteiger partial charge in [0, 0.05) is 31.4 Å². The predicted octanol–water partition coefficient (Wildman–Crippen LogP) is 4.29. The lowest BCUT2D eigenvalue weighted by Crippen LogP contribution is -2.39. The Morgan fingerprint density at radius 2 is 1.93 bits per heavy atom. The first kappa shape index (κ1) is 20.1. The molecule has 148 valence electrons. The maximum absolute atomic E-state index is 12.4. The summed E-state index contributed by atoms with van der Waals surface area (Å²) in [6.07, 6.45) is 7.74. The standard InChI is InChI=1S/C23H28N2O3/c1-23(2,27)16-18-12-14-25(15-13-18)22(26)11-9-19-8-10-21(24-17-19)28-20-6-4-3-5-7-20/h3-11,17-18,27H,12-16H2,1-2H3/b11-9+. The number of aromatic nitrogens is 1. The molecule has 1 aromatic carbocycles. The Labute approximate surface area is 166 Å². The summed E-state index contributed by atoms with van der Waals surface area (Å²) in [6.45, 7) is 5.17. The molecule has 0 radical (unpaired) electrons. The fourth-order valence-electron chi connectivity index (χ4n) is 3.50. The van der Waals surface area contributed by atoms with Gasteiger partial charge in [-0.1, -0.05) is 18.2 Å². The van der Waals surface area contributed by atoms with Crippen molar-refractivity contribution in [2.45, 2.75) is 38.7 Å². The SMILES string of the molecule is CC(C)(O)CC1CCN(C(=O)/C=C/c2ccc(Oc3ccccc3)nc2)CC1. The number of benzene rings is 1. The third kappa shape index (κ3) is 6.20. The summed E-state index contributed by atoms with van der Waals surface area (Å²) in [5.41, 5.74) is 0.214. The normalized spacial score (nSPS) is 15.8. The van der Waals surface area contributed by atoms with E-state index in [2.05, 4.69) is 4.98 Å². The van der Waals surface area contributed by atoms with E-state index in [4.69, 9.17) is 4.74 Å². The van der Waals surface area contributed by atoms with E-state index in [1.807, 2.05) is 55.1 Å². The minimum absolute atomic E-state index is 0.0197. The van der Waals surface area contributed by atoms with Crippen molar-refractivity contribution in [1.82, 2.24) is 9.88 Å². The Kier molecular flexibility index (Phi) is 6.47. The van der Waals surface area contributed by atoms with Crippen LogP contribution >= 0.6 is 0 Å². The van der Waals surface area contributed by atoms with Crippen molar-refractivity contribution in [3.63, 3.8) is 0 Å². The number of amides is 1. The number of hydrogen-bond donors (Lipinski definition) is 1. The zero-order valence-electron chi connectivity index (χ0n) is 16.5. The average Bonchev–Trinajstić information content (AvgIpc) is 2.67. The second-order valence-electron chi connectivity index (χ2n) is 7.96. The van der Waals surface area contributed by atoms with Crippen molar-refractivity contribution in [3.05, 3.63) is 60.3 Å². The average molecular weight is 380 g/mol. The summed E-state index contributed by atoms with van der Waals surface area (Å²) in [4.78, 5) is 18.6. The first-order chi connectivity index (χ1) is 13.4. The molecule has 3 rings (SSSR count). The topological polar surface area (TPSA) is 62.7 Å². The minimum Gasteiger partial charge on any atom is -0.439 e. The third-order valence-electron chi connectivity index (χ3n) is 4.86. The number of pyridine rings is 1. The van der Waals surface area contributed by atoms with Gasteiger partial charge in [-0.3, -0.25) is 4.79 Å².